The van der Waals surface area contributed by atoms with Gasteiger partial charge in [-0.05, 0) is 24.3 Å². The lowest BCUT2D eigenvalue weighted by molar-refractivity contribution is -0.139. The first-order chi connectivity index (χ1) is 14.1. The number of benzene rings is 2. The largest absolute Gasteiger partial charge is 0.493 e. The molecule has 2 atom stereocenters. The number of Topliss-reactive ketones (excluding diaryl/α,β-unsaturated/α-hetero) is 1. The minimum atomic E-state index is -4.62. The van der Waals surface area contributed by atoms with Gasteiger partial charge in [0.1, 0.15) is 23.6 Å². The molecule has 0 radical (unpaired) electrons. The third-order valence-electron chi connectivity index (χ3n) is 4.59. The van der Waals surface area contributed by atoms with E-state index in [4.69, 9.17) is 31.9 Å². The molecule has 0 aliphatic carbocycles. The van der Waals surface area contributed by atoms with E-state index in [2.05, 4.69) is 0 Å². The molecule has 0 aromatic heterocycles. The predicted octanol–water partition coefficient (Wildman–Crippen LogP) is 4.25. The quantitative estimate of drug-likeness (QED) is 0.692. The van der Waals surface area contributed by atoms with Crippen molar-refractivity contribution in [1.82, 2.24) is 0 Å². The Bertz CT molecular complexity index is 979. The Morgan fingerprint density at radius 1 is 1.33 bits per heavy atom. The van der Waals surface area contributed by atoms with Crippen molar-refractivity contribution in [1.29, 1.82) is 0 Å². The highest BCUT2D eigenvalue weighted by atomic mass is 35.5. The molecular formula is C20H17ClF3NO5. The van der Waals surface area contributed by atoms with Gasteiger partial charge in [-0.25, -0.2) is 0 Å². The minimum absolute atomic E-state index is 0.121. The van der Waals surface area contributed by atoms with Crippen molar-refractivity contribution < 1.29 is 37.3 Å². The summed E-state index contributed by atoms with van der Waals surface area (Å²) in [6.07, 6.45) is -5.78. The van der Waals surface area contributed by atoms with Crippen LogP contribution < -0.4 is 15.2 Å². The molecule has 2 aromatic rings. The molecule has 30 heavy (non-hydrogen) atoms. The Hall–Kier alpha value is -2.78. The Kier molecular flexibility index (Phi) is 6.23. The Labute approximate surface area is 174 Å². The zero-order valence-electron chi connectivity index (χ0n) is 15.4. The van der Waals surface area contributed by atoms with Crippen molar-refractivity contribution >= 4 is 23.4 Å². The lowest BCUT2D eigenvalue weighted by Crippen LogP contribution is -2.31. The molecule has 3 rings (SSSR count). The molecule has 3 N–H and O–H groups in total. The normalized spacial score (nSPS) is 17.1. The van der Waals surface area contributed by atoms with Crippen LogP contribution in [-0.2, 0) is 11.0 Å². The van der Waals surface area contributed by atoms with Crippen LogP contribution in [0, 0.1) is 0 Å². The second kappa shape index (κ2) is 8.53. The number of carboxylic acid groups (broad SMARTS) is 1. The number of rotatable bonds is 6. The molecule has 2 aromatic carbocycles. The molecule has 1 unspecified atom stereocenters. The van der Waals surface area contributed by atoms with E-state index in [9.17, 15) is 22.8 Å². The summed E-state index contributed by atoms with van der Waals surface area (Å²) in [5.41, 5.74) is 4.96. The molecule has 0 saturated carbocycles. The maximum absolute atomic E-state index is 13.2. The third-order valence-corrected chi connectivity index (χ3v) is 4.89. The van der Waals surface area contributed by atoms with E-state index >= 15 is 0 Å². The van der Waals surface area contributed by atoms with Gasteiger partial charge < -0.3 is 20.3 Å². The first kappa shape index (κ1) is 21.9. The van der Waals surface area contributed by atoms with Crippen LogP contribution in [0.5, 0.6) is 11.5 Å². The summed E-state index contributed by atoms with van der Waals surface area (Å²) in [7, 11) is 0. The van der Waals surface area contributed by atoms with E-state index in [-0.39, 0.29) is 47.3 Å². The second-order valence-electron chi connectivity index (χ2n) is 6.68. The fraction of sp³-hybridized carbons (Fsp3) is 0.300. The fourth-order valence-electron chi connectivity index (χ4n) is 3.00. The average Bonchev–Trinajstić information content (AvgIpc) is 2.67. The van der Waals surface area contributed by atoms with Crippen molar-refractivity contribution in [3.8, 4) is 11.5 Å². The molecule has 0 bridgehead atoms. The van der Waals surface area contributed by atoms with Gasteiger partial charge in [-0.1, -0.05) is 23.7 Å². The van der Waals surface area contributed by atoms with Crippen LogP contribution in [0.3, 0.4) is 0 Å². The summed E-state index contributed by atoms with van der Waals surface area (Å²) in [6.45, 7) is -0.236. The number of ketones is 1. The molecule has 10 heteroatoms. The zero-order valence-corrected chi connectivity index (χ0v) is 16.2. The number of hydrogen-bond acceptors (Lipinski definition) is 5. The van der Waals surface area contributed by atoms with Gasteiger partial charge in [0, 0.05) is 12.0 Å². The molecule has 0 amide bonds. The maximum atomic E-state index is 13.2. The highest BCUT2D eigenvalue weighted by Gasteiger charge is 2.35. The van der Waals surface area contributed by atoms with Crippen molar-refractivity contribution in [2.45, 2.75) is 31.2 Å². The highest BCUT2D eigenvalue weighted by Crippen LogP contribution is 2.43. The van der Waals surface area contributed by atoms with Crippen LogP contribution in [0.4, 0.5) is 13.2 Å². The fourth-order valence-corrected chi connectivity index (χ4v) is 3.22. The number of para-hydroxylation sites is 1. The molecule has 160 valence electrons. The number of alkyl halides is 3. The first-order valence-electron chi connectivity index (χ1n) is 8.88. The molecule has 1 heterocycles. The number of carbonyl (C=O) groups excluding carboxylic acids is 1. The topological polar surface area (TPSA) is 98.9 Å². The van der Waals surface area contributed by atoms with Gasteiger partial charge in [-0.3, -0.25) is 9.59 Å². The average molecular weight is 444 g/mol. The van der Waals surface area contributed by atoms with Gasteiger partial charge >= 0.3 is 12.1 Å². The molecule has 0 saturated heterocycles. The van der Waals surface area contributed by atoms with Gasteiger partial charge in [0.15, 0.2) is 5.78 Å². The van der Waals surface area contributed by atoms with Crippen molar-refractivity contribution in [3.05, 3.63) is 58.1 Å². The number of halogens is 4. The molecular weight excluding hydrogens is 427 g/mol. The minimum Gasteiger partial charge on any atom is -0.493 e. The molecule has 0 fully saturated rings. The predicted molar refractivity (Wildman–Crippen MR) is 101 cm³/mol. The van der Waals surface area contributed by atoms with Crippen LogP contribution >= 0.6 is 11.6 Å². The lowest BCUT2D eigenvalue weighted by Gasteiger charge is -2.28. The molecule has 1 aliphatic rings. The summed E-state index contributed by atoms with van der Waals surface area (Å²) >= 11 is 6.11. The number of aliphatic carboxylic acids is 1. The van der Waals surface area contributed by atoms with Gasteiger partial charge in [0.05, 0.1) is 29.2 Å². The monoisotopic (exact) mass is 443 g/mol. The first-order valence-corrected chi connectivity index (χ1v) is 9.26. The van der Waals surface area contributed by atoms with Crippen molar-refractivity contribution in [3.63, 3.8) is 0 Å². The molecule has 6 nitrogen and oxygen atoms in total. The van der Waals surface area contributed by atoms with Crippen molar-refractivity contribution in [2.24, 2.45) is 5.73 Å². The van der Waals surface area contributed by atoms with Gasteiger partial charge in [-0.2, -0.15) is 13.2 Å². The van der Waals surface area contributed by atoms with Gasteiger partial charge in [0.25, 0.3) is 0 Å². The highest BCUT2D eigenvalue weighted by molar-refractivity contribution is 6.32. The molecule has 0 spiro atoms. The maximum Gasteiger partial charge on any atom is 0.416 e. The molecule has 1 aliphatic heterocycles. The summed E-state index contributed by atoms with van der Waals surface area (Å²) in [5.74, 6) is -1.55. The Morgan fingerprint density at radius 2 is 2.07 bits per heavy atom. The van der Waals surface area contributed by atoms with E-state index < -0.39 is 29.9 Å². The standard InChI is InChI=1S/C20H17ClF3NO5/c21-13-3-1-2-11-15(26)9-17(30-18(11)13)12-5-4-10(20(22,23)24)8-16(12)29-7-6-14(25)19(27)28/h1-5,8,14,17H,6-7,9,25H2,(H,27,28)/t14-,17?/m1/s1. The van der Waals surface area contributed by atoms with E-state index in [0.717, 1.165) is 12.1 Å². The van der Waals surface area contributed by atoms with Crippen LogP contribution in [0.2, 0.25) is 5.02 Å². The van der Waals surface area contributed by atoms with E-state index in [1.807, 2.05) is 0 Å². The number of fused-ring (bicyclic) bond motifs is 1. The van der Waals surface area contributed by atoms with E-state index in [1.165, 1.54) is 12.1 Å². The summed E-state index contributed by atoms with van der Waals surface area (Å²) in [5, 5.41) is 9.04. The Morgan fingerprint density at radius 3 is 2.73 bits per heavy atom. The third kappa shape index (κ3) is 4.68. The zero-order chi connectivity index (χ0) is 22.1. The number of carboxylic acids is 1. The second-order valence-corrected chi connectivity index (χ2v) is 7.09. The van der Waals surface area contributed by atoms with E-state index in [1.54, 1.807) is 12.1 Å². The van der Waals surface area contributed by atoms with Gasteiger partial charge in [-0.15, -0.1) is 0 Å². The summed E-state index contributed by atoms with van der Waals surface area (Å²) in [6, 6.07) is 6.29. The summed E-state index contributed by atoms with van der Waals surface area (Å²) < 4.78 is 50.7. The van der Waals surface area contributed by atoms with Crippen LogP contribution in [0.1, 0.15) is 40.4 Å². The van der Waals surface area contributed by atoms with Crippen molar-refractivity contribution in [2.75, 3.05) is 6.61 Å². The smallest absolute Gasteiger partial charge is 0.416 e. The van der Waals surface area contributed by atoms with Gasteiger partial charge in [0.2, 0.25) is 0 Å². The number of nitrogens with two attached hydrogens (primary N) is 1. The lowest BCUT2D eigenvalue weighted by atomic mass is 9.95. The number of hydrogen-bond donors (Lipinski definition) is 2. The Balaban J connectivity index is 1.92. The van der Waals surface area contributed by atoms with Crippen LogP contribution in [0.15, 0.2) is 36.4 Å². The SMILES string of the molecule is N[C@H](CCOc1cc(C(F)(F)F)ccc1C1CC(=O)c2cccc(Cl)c2O1)C(=O)O. The number of carbonyl (C=O) groups is 2. The summed E-state index contributed by atoms with van der Waals surface area (Å²) in [4.78, 5) is 23.3. The van der Waals surface area contributed by atoms with Crippen LogP contribution in [0.25, 0.3) is 0 Å². The number of ether oxygens (including phenoxy) is 2. The van der Waals surface area contributed by atoms with Crippen LogP contribution in [-0.4, -0.2) is 29.5 Å². The van der Waals surface area contributed by atoms with E-state index in [0.29, 0.717) is 5.56 Å².